The number of amides is 1. The second kappa shape index (κ2) is 11.3. The third-order valence-electron chi connectivity index (χ3n) is 4.59. The molecule has 0 fully saturated rings. The van der Waals surface area contributed by atoms with Crippen molar-refractivity contribution < 1.29 is 52.1 Å². The van der Waals surface area contributed by atoms with Gasteiger partial charge in [0.2, 0.25) is 5.91 Å². The number of nitrogens with one attached hydrogen (secondary N) is 1. The van der Waals surface area contributed by atoms with Gasteiger partial charge in [0, 0.05) is 29.1 Å². The second-order valence-electron chi connectivity index (χ2n) is 6.79. The molecule has 1 amide bonds. The van der Waals surface area contributed by atoms with Gasteiger partial charge in [-0.05, 0) is 24.1 Å². The minimum absolute atomic E-state index is 0. The van der Waals surface area contributed by atoms with Crippen LogP contribution in [0.3, 0.4) is 0 Å². The summed E-state index contributed by atoms with van der Waals surface area (Å²) >= 11 is 1.09. The molecular formula is C22H20NNaO5S2. The van der Waals surface area contributed by atoms with Crippen LogP contribution in [-0.2, 0) is 26.1 Å². The van der Waals surface area contributed by atoms with E-state index in [-0.39, 0.29) is 50.9 Å². The number of rotatable bonds is 7. The van der Waals surface area contributed by atoms with E-state index in [4.69, 9.17) is 0 Å². The SMILES string of the molecule is CC(=O)SCC(Cc1ccccc1)C(=O)Nc1ccc(S(=O)(=O)[O-])c2ccccc12.[Na+]. The molecule has 0 saturated carbocycles. The van der Waals surface area contributed by atoms with Crippen molar-refractivity contribution in [2.75, 3.05) is 11.1 Å². The van der Waals surface area contributed by atoms with Crippen molar-refractivity contribution in [3.8, 4) is 0 Å². The van der Waals surface area contributed by atoms with Crippen LogP contribution in [0.25, 0.3) is 10.8 Å². The number of carbonyl (C=O) groups excluding carboxylic acids is 2. The largest absolute Gasteiger partial charge is 1.00 e. The molecule has 0 aromatic heterocycles. The van der Waals surface area contributed by atoms with Crippen molar-refractivity contribution in [3.63, 3.8) is 0 Å². The minimum atomic E-state index is -4.65. The Balaban J connectivity index is 0.00000341. The van der Waals surface area contributed by atoms with E-state index in [1.54, 1.807) is 18.2 Å². The molecular weight excluding hydrogens is 445 g/mol. The predicted molar refractivity (Wildman–Crippen MR) is 117 cm³/mol. The molecule has 156 valence electrons. The topological polar surface area (TPSA) is 103 Å². The molecule has 0 radical (unpaired) electrons. The van der Waals surface area contributed by atoms with Gasteiger partial charge in [0.05, 0.1) is 10.8 Å². The van der Waals surface area contributed by atoms with Crippen molar-refractivity contribution >= 4 is 49.4 Å². The van der Waals surface area contributed by atoms with Crippen LogP contribution < -0.4 is 34.9 Å². The van der Waals surface area contributed by atoms with Crippen molar-refractivity contribution in [1.82, 2.24) is 0 Å². The van der Waals surface area contributed by atoms with Crippen LogP contribution in [0.1, 0.15) is 12.5 Å². The van der Waals surface area contributed by atoms with Gasteiger partial charge >= 0.3 is 29.6 Å². The van der Waals surface area contributed by atoms with Crippen molar-refractivity contribution in [3.05, 3.63) is 72.3 Å². The van der Waals surface area contributed by atoms with Crippen LogP contribution in [0.5, 0.6) is 0 Å². The van der Waals surface area contributed by atoms with Gasteiger partial charge in [0.15, 0.2) is 5.12 Å². The van der Waals surface area contributed by atoms with Gasteiger partial charge in [0.25, 0.3) is 0 Å². The average Bonchev–Trinajstić information content (AvgIpc) is 2.71. The Hall–Kier alpha value is -1.68. The molecule has 3 rings (SSSR count). The number of benzene rings is 3. The quantitative estimate of drug-likeness (QED) is 0.410. The summed E-state index contributed by atoms with van der Waals surface area (Å²) < 4.78 is 34.7. The van der Waals surface area contributed by atoms with Crippen LogP contribution in [0.2, 0.25) is 0 Å². The number of anilines is 1. The minimum Gasteiger partial charge on any atom is -0.744 e. The fourth-order valence-electron chi connectivity index (χ4n) is 3.18. The molecule has 0 bridgehead atoms. The second-order valence-corrected chi connectivity index (χ2v) is 9.33. The monoisotopic (exact) mass is 465 g/mol. The molecule has 1 N–H and O–H groups in total. The summed E-state index contributed by atoms with van der Waals surface area (Å²) in [5.41, 5.74) is 1.38. The van der Waals surface area contributed by atoms with Gasteiger partial charge in [-0.15, -0.1) is 0 Å². The molecule has 9 heteroatoms. The smallest absolute Gasteiger partial charge is 0.744 e. The summed E-state index contributed by atoms with van der Waals surface area (Å²) in [7, 11) is -4.65. The molecule has 0 heterocycles. The number of hydrogen-bond acceptors (Lipinski definition) is 6. The zero-order valence-corrected chi connectivity index (χ0v) is 20.8. The van der Waals surface area contributed by atoms with Crippen molar-refractivity contribution in [2.45, 2.75) is 18.2 Å². The molecule has 1 unspecified atom stereocenters. The molecule has 3 aromatic carbocycles. The van der Waals surface area contributed by atoms with Gasteiger partial charge in [-0.3, -0.25) is 9.59 Å². The normalized spacial score (nSPS) is 12.1. The first kappa shape index (κ1) is 25.6. The molecule has 0 aliphatic heterocycles. The third kappa shape index (κ3) is 6.90. The first-order valence-corrected chi connectivity index (χ1v) is 11.6. The van der Waals surface area contributed by atoms with Gasteiger partial charge in [0.1, 0.15) is 10.1 Å². The summed E-state index contributed by atoms with van der Waals surface area (Å²) in [5.74, 6) is -0.431. The summed E-state index contributed by atoms with van der Waals surface area (Å²) in [6.45, 7) is 1.46. The summed E-state index contributed by atoms with van der Waals surface area (Å²) in [4.78, 5) is 24.1. The van der Waals surface area contributed by atoms with Crippen LogP contribution in [-0.4, -0.2) is 29.7 Å². The van der Waals surface area contributed by atoms with E-state index >= 15 is 0 Å². The van der Waals surface area contributed by atoms with Gasteiger partial charge in [-0.2, -0.15) is 0 Å². The maximum Gasteiger partial charge on any atom is 1.00 e. The van der Waals surface area contributed by atoms with E-state index in [0.717, 1.165) is 17.3 Å². The fourth-order valence-corrected chi connectivity index (χ4v) is 4.56. The van der Waals surface area contributed by atoms with E-state index in [1.165, 1.54) is 25.1 Å². The van der Waals surface area contributed by atoms with Crippen LogP contribution in [0.15, 0.2) is 71.6 Å². The van der Waals surface area contributed by atoms with Crippen molar-refractivity contribution in [2.24, 2.45) is 5.92 Å². The Bertz CT molecular complexity index is 1180. The number of thioether (sulfide) groups is 1. The van der Waals surface area contributed by atoms with Crippen LogP contribution in [0, 0.1) is 5.92 Å². The molecule has 1 atom stereocenters. The predicted octanol–water partition coefficient (Wildman–Crippen LogP) is 0.825. The number of fused-ring (bicyclic) bond motifs is 1. The Kier molecular flexibility index (Phi) is 9.29. The standard InChI is InChI=1S/C22H21NO5S2.Na/c1-15(24)29-14-17(13-16-7-3-2-4-8-16)22(25)23-20-11-12-21(30(26,27)28)19-10-6-5-9-18(19)20;/h2-12,17H,13-14H2,1H3,(H,23,25)(H,26,27,28);/q;+1/p-1. The van der Waals surface area contributed by atoms with Gasteiger partial charge in [-0.25, -0.2) is 8.42 Å². The number of hydrogen-bond donors (Lipinski definition) is 1. The summed E-state index contributed by atoms with van der Waals surface area (Å²) in [6.07, 6.45) is 0.456. The van der Waals surface area contributed by atoms with E-state index in [1.807, 2.05) is 30.3 Å². The maximum absolute atomic E-state index is 13.0. The van der Waals surface area contributed by atoms with E-state index in [0.29, 0.717) is 23.2 Å². The molecule has 0 saturated heterocycles. The molecule has 31 heavy (non-hydrogen) atoms. The molecule has 3 aromatic rings. The Morgan fingerprint density at radius 3 is 2.19 bits per heavy atom. The maximum atomic E-state index is 13.0. The van der Waals surface area contributed by atoms with Gasteiger partial charge < -0.3 is 9.87 Å². The summed E-state index contributed by atoms with van der Waals surface area (Å²) in [5, 5.41) is 3.49. The molecule has 0 spiro atoms. The molecule has 0 aliphatic carbocycles. The van der Waals surface area contributed by atoms with E-state index in [2.05, 4.69) is 5.32 Å². The first-order valence-electron chi connectivity index (χ1n) is 9.21. The Labute approximate surface area is 207 Å². The average molecular weight is 466 g/mol. The fraction of sp³-hybridized carbons (Fsp3) is 0.182. The zero-order chi connectivity index (χ0) is 21.7. The third-order valence-corrected chi connectivity index (χ3v) is 6.47. The van der Waals surface area contributed by atoms with Crippen LogP contribution >= 0.6 is 11.8 Å². The van der Waals surface area contributed by atoms with Crippen molar-refractivity contribution in [1.29, 1.82) is 0 Å². The Morgan fingerprint density at radius 2 is 1.58 bits per heavy atom. The van der Waals surface area contributed by atoms with Crippen LogP contribution in [0.4, 0.5) is 5.69 Å². The first-order chi connectivity index (χ1) is 14.3. The number of carbonyl (C=O) groups is 2. The molecule has 0 aliphatic rings. The van der Waals surface area contributed by atoms with E-state index < -0.39 is 16.0 Å². The molecule has 6 nitrogen and oxygen atoms in total. The summed E-state index contributed by atoms with van der Waals surface area (Å²) in [6, 6.07) is 18.6. The van der Waals surface area contributed by atoms with E-state index in [9.17, 15) is 22.6 Å². The Morgan fingerprint density at radius 1 is 0.968 bits per heavy atom. The van der Waals surface area contributed by atoms with Gasteiger partial charge in [-0.1, -0.05) is 66.4 Å². The zero-order valence-electron chi connectivity index (χ0n) is 17.2.